The van der Waals surface area contributed by atoms with Crippen molar-refractivity contribution in [2.24, 2.45) is 5.41 Å². The molecule has 0 spiro atoms. The van der Waals surface area contributed by atoms with Crippen molar-refractivity contribution in [2.45, 2.75) is 84.1 Å². The Kier molecular flexibility index (Phi) is 5.85. The molecule has 3 heteroatoms. The maximum Gasteiger partial charge on any atom is 0.0693 e. The van der Waals surface area contributed by atoms with Gasteiger partial charge in [0.05, 0.1) is 23.2 Å². The fraction of sp³-hybridized carbons (Fsp3) is 0.778. The number of nitrogens with zero attached hydrogens (tertiary/aromatic N) is 3. The zero-order chi connectivity index (χ0) is 15.1. The van der Waals surface area contributed by atoms with Crippen LogP contribution in [0.15, 0.2) is 12.3 Å². The molecule has 3 nitrogen and oxygen atoms in total. The van der Waals surface area contributed by atoms with E-state index >= 15 is 0 Å². The summed E-state index contributed by atoms with van der Waals surface area (Å²) >= 11 is 0. The lowest BCUT2D eigenvalue weighted by molar-refractivity contribution is 0.283. The minimum Gasteiger partial charge on any atom is -0.269 e. The fourth-order valence-electron chi connectivity index (χ4n) is 3.59. The number of rotatable bonds is 5. The van der Waals surface area contributed by atoms with Crippen LogP contribution in [0, 0.1) is 16.7 Å². The molecule has 0 saturated heterocycles. The lowest BCUT2D eigenvalue weighted by Gasteiger charge is -2.27. The van der Waals surface area contributed by atoms with Gasteiger partial charge in [0.25, 0.3) is 0 Å². The van der Waals surface area contributed by atoms with Crippen molar-refractivity contribution in [3.63, 3.8) is 0 Å². The minimum absolute atomic E-state index is 0.173. The first-order valence-electron chi connectivity index (χ1n) is 8.68. The molecule has 1 aromatic rings. The van der Waals surface area contributed by atoms with Crippen molar-refractivity contribution < 1.29 is 0 Å². The second-order valence-electron chi connectivity index (χ2n) is 6.59. The van der Waals surface area contributed by atoms with Crippen LogP contribution in [-0.2, 0) is 6.42 Å². The Hall–Kier alpha value is -1.30. The molecule has 1 heterocycles. The van der Waals surface area contributed by atoms with Gasteiger partial charge in [-0.05, 0) is 31.7 Å². The van der Waals surface area contributed by atoms with Gasteiger partial charge in [-0.2, -0.15) is 10.4 Å². The van der Waals surface area contributed by atoms with Crippen LogP contribution in [0.25, 0.3) is 0 Å². The van der Waals surface area contributed by atoms with Gasteiger partial charge in [-0.3, -0.25) is 4.68 Å². The molecule has 0 radical (unpaired) electrons. The Morgan fingerprint density at radius 2 is 1.81 bits per heavy atom. The standard InChI is InChI=1S/C18H29N3/c1-3-17(4-2)21-13-10-16(20-21)14-18(15-19)11-8-6-5-7-9-12-18/h10,13,17H,3-9,11-12,14H2,1-2H3. The molecule has 1 aliphatic rings. The summed E-state index contributed by atoms with van der Waals surface area (Å²) in [5.74, 6) is 0. The van der Waals surface area contributed by atoms with E-state index in [1.54, 1.807) is 0 Å². The molecule has 0 unspecified atom stereocenters. The van der Waals surface area contributed by atoms with E-state index in [-0.39, 0.29) is 5.41 Å². The van der Waals surface area contributed by atoms with Crippen LogP contribution in [0.2, 0.25) is 0 Å². The van der Waals surface area contributed by atoms with E-state index in [4.69, 9.17) is 5.10 Å². The van der Waals surface area contributed by atoms with Gasteiger partial charge in [0, 0.05) is 12.6 Å². The van der Waals surface area contributed by atoms with Crippen molar-refractivity contribution in [1.29, 1.82) is 5.26 Å². The van der Waals surface area contributed by atoms with Crippen LogP contribution in [0.3, 0.4) is 0 Å². The van der Waals surface area contributed by atoms with E-state index in [1.165, 1.54) is 32.1 Å². The average molecular weight is 287 g/mol. The van der Waals surface area contributed by atoms with E-state index < -0.39 is 0 Å². The van der Waals surface area contributed by atoms with E-state index in [1.807, 2.05) is 0 Å². The lowest BCUT2D eigenvalue weighted by atomic mass is 9.74. The van der Waals surface area contributed by atoms with Crippen LogP contribution >= 0.6 is 0 Å². The van der Waals surface area contributed by atoms with Gasteiger partial charge in [0.1, 0.15) is 0 Å². The summed E-state index contributed by atoms with van der Waals surface area (Å²) in [4.78, 5) is 0. The zero-order valence-corrected chi connectivity index (χ0v) is 13.6. The fourth-order valence-corrected chi connectivity index (χ4v) is 3.59. The molecule has 0 aliphatic heterocycles. The van der Waals surface area contributed by atoms with Crippen LogP contribution in [-0.4, -0.2) is 9.78 Å². The summed E-state index contributed by atoms with van der Waals surface area (Å²) in [5, 5.41) is 14.5. The largest absolute Gasteiger partial charge is 0.269 e. The molecule has 0 atom stereocenters. The molecule has 2 rings (SSSR count). The molecule has 1 aliphatic carbocycles. The zero-order valence-electron chi connectivity index (χ0n) is 13.6. The highest BCUT2D eigenvalue weighted by Crippen LogP contribution is 2.36. The van der Waals surface area contributed by atoms with Gasteiger partial charge < -0.3 is 0 Å². The van der Waals surface area contributed by atoms with Crippen molar-refractivity contribution in [2.75, 3.05) is 0 Å². The van der Waals surface area contributed by atoms with E-state index in [2.05, 4.69) is 36.9 Å². The lowest BCUT2D eigenvalue weighted by Crippen LogP contribution is -2.23. The second-order valence-corrected chi connectivity index (χ2v) is 6.59. The molecule has 21 heavy (non-hydrogen) atoms. The summed E-state index contributed by atoms with van der Waals surface area (Å²) in [7, 11) is 0. The highest BCUT2D eigenvalue weighted by atomic mass is 15.3. The molecular weight excluding hydrogens is 258 g/mol. The highest BCUT2D eigenvalue weighted by Gasteiger charge is 2.31. The topological polar surface area (TPSA) is 41.6 Å². The van der Waals surface area contributed by atoms with Gasteiger partial charge in [-0.1, -0.05) is 46.0 Å². The summed E-state index contributed by atoms with van der Waals surface area (Å²) < 4.78 is 2.10. The maximum absolute atomic E-state index is 9.74. The minimum atomic E-state index is -0.173. The molecule has 1 fully saturated rings. The van der Waals surface area contributed by atoms with Crippen molar-refractivity contribution in [3.8, 4) is 6.07 Å². The third kappa shape index (κ3) is 4.09. The summed E-state index contributed by atoms with van der Waals surface area (Å²) in [6.07, 6.45) is 13.5. The van der Waals surface area contributed by atoms with Gasteiger partial charge >= 0.3 is 0 Å². The summed E-state index contributed by atoms with van der Waals surface area (Å²) in [5.41, 5.74) is 0.928. The van der Waals surface area contributed by atoms with E-state index in [9.17, 15) is 5.26 Å². The predicted molar refractivity (Wildman–Crippen MR) is 85.9 cm³/mol. The number of hydrogen-bond donors (Lipinski definition) is 0. The van der Waals surface area contributed by atoms with Gasteiger partial charge in [-0.25, -0.2) is 0 Å². The molecule has 0 bridgehead atoms. The first kappa shape index (κ1) is 16.1. The molecule has 1 aromatic heterocycles. The molecule has 1 saturated carbocycles. The van der Waals surface area contributed by atoms with Crippen molar-refractivity contribution in [1.82, 2.24) is 9.78 Å². The smallest absolute Gasteiger partial charge is 0.0693 e. The Balaban J connectivity index is 2.09. The molecular formula is C18H29N3. The Morgan fingerprint density at radius 1 is 1.19 bits per heavy atom. The maximum atomic E-state index is 9.74. The molecule has 0 amide bonds. The third-order valence-electron chi connectivity index (χ3n) is 5.05. The Morgan fingerprint density at radius 3 is 2.38 bits per heavy atom. The Labute approximate surface area is 129 Å². The quantitative estimate of drug-likeness (QED) is 0.761. The average Bonchev–Trinajstić information content (AvgIpc) is 2.92. The van der Waals surface area contributed by atoms with Crippen LogP contribution < -0.4 is 0 Å². The summed E-state index contributed by atoms with van der Waals surface area (Å²) in [6, 6.07) is 5.27. The SMILES string of the molecule is CCC(CC)n1ccc(CC2(C#N)CCCCCCC2)n1. The van der Waals surface area contributed by atoms with Crippen LogP contribution in [0.1, 0.15) is 83.4 Å². The van der Waals surface area contributed by atoms with Gasteiger partial charge in [0.15, 0.2) is 0 Å². The summed E-state index contributed by atoms with van der Waals surface area (Å²) in [6.45, 7) is 4.42. The Bertz CT molecular complexity index is 457. The predicted octanol–water partition coefficient (Wildman–Crippen LogP) is 5.04. The number of aromatic nitrogens is 2. The van der Waals surface area contributed by atoms with Crippen LogP contribution in [0.4, 0.5) is 0 Å². The molecule has 0 N–H and O–H groups in total. The van der Waals surface area contributed by atoms with Gasteiger partial charge in [-0.15, -0.1) is 0 Å². The second kappa shape index (κ2) is 7.64. The monoisotopic (exact) mass is 287 g/mol. The third-order valence-corrected chi connectivity index (χ3v) is 5.05. The van der Waals surface area contributed by atoms with Gasteiger partial charge in [0.2, 0.25) is 0 Å². The molecule has 0 aromatic carbocycles. The number of hydrogen-bond acceptors (Lipinski definition) is 2. The first-order valence-corrected chi connectivity index (χ1v) is 8.68. The van der Waals surface area contributed by atoms with Crippen molar-refractivity contribution in [3.05, 3.63) is 18.0 Å². The van der Waals surface area contributed by atoms with E-state index in [0.29, 0.717) is 6.04 Å². The highest BCUT2D eigenvalue weighted by molar-refractivity contribution is 5.10. The van der Waals surface area contributed by atoms with Crippen molar-refractivity contribution >= 4 is 0 Å². The van der Waals surface area contributed by atoms with Crippen LogP contribution in [0.5, 0.6) is 0 Å². The normalized spacial score (nSPS) is 19.0. The number of nitriles is 1. The molecule has 116 valence electrons. The first-order chi connectivity index (χ1) is 10.2. The van der Waals surface area contributed by atoms with E-state index in [0.717, 1.165) is 37.8 Å².